The van der Waals surface area contributed by atoms with E-state index >= 15 is 0 Å². The maximum Gasteiger partial charge on any atom is 0.223 e. The van der Waals surface area contributed by atoms with Gasteiger partial charge in [0.2, 0.25) is 5.91 Å². The lowest BCUT2D eigenvalue weighted by Gasteiger charge is -2.17. The zero-order valence-corrected chi connectivity index (χ0v) is 17.4. The Labute approximate surface area is 172 Å². The molecule has 1 heterocycles. The van der Waals surface area contributed by atoms with E-state index in [1.165, 1.54) is 5.56 Å². The van der Waals surface area contributed by atoms with Gasteiger partial charge in [-0.3, -0.25) is 4.79 Å². The Balaban J connectivity index is 1.48. The van der Waals surface area contributed by atoms with Crippen molar-refractivity contribution in [2.75, 3.05) is 6.61 Å². The third-order valence-electron chi connectivity index (χ3n) is 5.51. The summed E-state index contributed by atoms with van der Waals surface area (Å²) in [5, 5.41) is 3.12. The highest BCUT2D eigenvalue weighted by molar-refractivity contribution is 5.81. The number of benzene rings is 2. The molecule has 1 amide bonds. The van der Waals surface area contributed by atoms with Gasteiger partial charge in [-0.2, -0.15) is 0 Å². The molecule has 1 unspecified atom stereocenters. The van der Waals surface area contributed by atoms with Crippen LogP contribution in [0, 0.1) is 5.92 Å². The second-order valence-electron chi connectivity index (χ2n) is 8.19. The number of ether oxygens (including phenoxy) is 1. The number of fused-ring (bicyclic) bond motifs is 1. The van der Waals surface area contributed by atoms with Crippen LogP contribution in [0.5, 0.6) is 5.75 Å². The Morgan fingerprint density at radius 1 is 1.14 bits per heavy atom. The summed E-state index contributed by atoms with van der Waals surface area (Å²) in [6, 6.07) is 16.2. The fourth-order valence-corrected chi connectivity index (χ4v) is 3.60. The van der Waals surface area contributed by atoms with Crippen molar-refractivity contribution in [2.45, 2.75) is 52.1 Å². The molecule has 3 aromatic rings. The fraction of sp³-hybridized carbons (Fsp3) is 0.417. The van der Waals surface area contributed by atoms with Crippen LogP contribution in [-0.4, -0.2) is 22.1 Å². The smallest absolute Gasteiger partial charge is 0.223 e. The summed E-state index contributed by atoms with van der Waals surface area (Å²) in [5.41, 5.74) is 3.31. The van der Waals surface area contributed by atoms with E-state index in [1.807, 2.05) is 37.3 Å². The largest absolute Gasteiger partial charge is 0.492 e. The zero-order chi connectivity index (χ0) is 20.4. The Kier molecular flexibility index (Phi) is 5.56. The zero-order valence-electron chi connectivity index (χ0n) is 17.4. The number of nitrogens with zero attached hydrogens (tertiary/aromatic N) is 2. The normalized spacial score (nSPS) is 14.9. The van der Waals surface area contributed by atoms with E-state index in [0.717, 1.165) is 35.4 Å². The molecule has 1 atom stereocenters. The summed E-state index contributed by atoms with van der Waals surface area (Å²) in [4.78, 5) is 17.0. The highest BCUT2D eigenvalue weighted by Gasteiger charge is 2.31. The molecule has 0 bridgehead atoms. The minimum Gasteiger partial charge on any atom is -0.492 e. The molecule has 2 aromatic carbocycles. The number of amides is 1. The number of carbonyl (C=O) groups excluding carboxylic acids is 1. The molecule has 1 N–H and O–H groups in total. The summed E-state index contributed by atoms with van der Waals surface area (Å²) < 4.78 is 8.15. The van der Waals surface area contributed by atoms with Crippen LogP contribution in [0.4, 0.5) is 0 Å². The van der Waals surface area contributed by atoms with Gasteiger partial charge in [-0.1, -0.05) is 38.1 Å². The second kappa shape index (κ2) is 8.27. The van der Waals surface area contributed by atoms with Crippen LogP contribution in [0.25, 0.3) is 11.0 Å². The molecule has 29 heavy (non-hydrogen) atoms. The topological polar surface area (TPSA) is 56.1 Å². The molecule has 0 saturated heterocycles. The molecule has 5 heteroatoms. The Morgan fingerprint density at radius 3 is 2.55 bits per heavy atom. The first kappa shape index (κ1) is 19.5. The van der Waals surface area contributed by atoms with Crippen molar-refractivity contribution in [1.29, 1.82) is 0 Å². The standard InChI is InChI=1S/C24H29N3O2/c1-16(2)18-10-12-20(13-11-18)29-15-14-27-22-7-5-4-6-21(22)26-23(27)17(3)25-24(28)19-8-9-19/h4-7,10-13,16-17,19H,8-9,14-15H2,1-3H3,(H,25,28). The van der Waals surface area contributed by atoms with Crippen molar-refractivity contribution in [3.05, 3.63) is 59.9 Å². The molecule has 0 spiro atoms. The predicted molar refractivity (Wildman–Crippen MR) is 115 cm³/mol. The van der Waals surface area contributed by atoms with Gasteiger partial charge in [0.15, 0.2) is 0 Å². The molecule has 152 valence electrons. The van der Waals surface area contributed by atoms with Crippen LogP contribution < -0.4 is 10.1 Å². The van der Waals surface area contributed by atoms with Crippen LogP contribution in [0.3, 0.4) is 0 Å². The van der Waals surface area contributed by atoms with E-state index in [-0.39, 0.29) is 17.9 Å². The van der Waals surface area contributed by atoms with Gasteiger partial charge >= 0.3 is 0 Å². The minimum absolute atomic E-state index is 0.137. The van der Waals surface area contributed by atoms with E-state index in [0.29, 0.717) is 19.1 Å². The summed E-state index contributed by atoms with van der Waals surface area (Å²) >= 11 is 0. The van der Waals surface area contributed by atoms with Crippen molar-refractivity contribution < 1.29 is 9.53 Å². The molecule has 1 fully saturated rings. The highest BCUT2D eigenvalue weighted by Crippen LogP contribution is 2.30. The number of hydrogen-bond acceptors (Lipinski definition) is 3. The van der Waals surface area contributed by atoms with Crippen LogP contribution in [0.15, 0.2) is 48.5 Å². The number of hydrogen-bond donors (Lipinski definition) is 1. The Bertz CT molecular complexity index is 987. The predicted octanol–water partition coefficient (Wildman–Crippen LogP) is 4.83. The average Bonchev–Trinajstić information content (AvgIpc) is 3.50. The van der Waals surface area contributed by atoms with Gasteiger partial charge in [-0.25, -0.2) is 4.98 Å². The number of carbonyl (C=O) groups is 1. The van der Waals surface area contributed by atoms with Crippen LogP contribution in [0.2, 0.25) is 0 Å². The summed E-state index contributed by atoms with van der Waals surface area (Å²) in [6.45, 7) is 7.59. The monoisotopic (exact) mass is 391 g/mol. The van der Waals surface area contributed by atoms with Crippen molar-refractivity contribution in [3.63, 3.8) is 0 Å². The Hall–Kier alpha value is -2.82. The van der Waals surface area contributed by atoms with Gasteiger partial charge in [0.25, 0.3) is 0 Å². The first-order valence-electron chi connectivity index (χ1n) is 10.5. The summed E-state index contributed by atoms with van der Waals surface area (Å²) in [7, 11) is 0. The van der Waals surface area contributed by atoms with Gasteiger partial charge in [-0.15, -0.1) is 0 Å². The lowest BCUT2D eigenvalue weighted by Crippen LogP contribution is -2.30. The summed E-state index contributed by atoms with van der Waals surface area (Å²) in [5.74, 6) is 2.58. The molecule has 0 aliphatic heterocycles. The third kappa shape index (κ3) is 4.44. The lowest BCUT2D eigenvalue weighted by molar-refractivity contribution is -0.123. The maximum atomic E-state index is 12.2. The van der Waals surface area contributed by atoms with Crippen molar-refractivity contribution >= 4 is 16.9 Å². The minimum atomic E-state index is -0.138. The maximum absolute atomic E-state index is 12.2. The fourth-order valence-electron chi connectivity index (χ4n) is 3.60. The van der Waals surface area contributed by atoms with Gasteiger partial charge in [0.05, 0.1) is 23.6 Å². The average molecular weight is 392 g/mol. The molecule has 5 nitrogen and oxygen atoms in total. The molecule has 1 aliphatic rings. The number of para-hydroxylation sites is 2. The molecule has 1 aliphatic carbocycles. The number of aromatic nitrogens is 2. The number of imidazole rings is 1. The Morgan fingerprint density at radius 2 is 1.86 bits per heavy atom. The van der Waals surface area contributed by atoms with Crippen LogP contribution in [-0.2, 0) is 11.3 Å². The molecular weight excluding hydrogens is 362 g/mol. The van der Waals surface area contributed by atoms with Gasteiger partial charge in [0.1, 0.15) is 18.2 Å². The van der Waals surface area contributed by atoms with E-state index in [1.54, 1.807) is 0 Å². The van der Waals surface area contributed by atoms with E-state index in [9.17, 15) is 4.79 Å². The molecule has 0 radical (unpaired) electrons. The molecule has 1 aromatic heterocycles. The van der Waals surface area contributed by atoms with Crippen molar-refractivity contribution in [3.8, 4) is 5.75 Å². The van der Waals surface area contributed by atoms with Gasteiger partial charge < -0.3 is 14.6 Å². The van der Waals surface area contributed by atoms with Crippen molar-refractivity contribution in [2.24, 2.45) is 5.92 Å². The summed E-state index contributed by atoms with van der Waals surface area (Å²) in [6.07, 6.45) is 2.00. The number of rotatable bonds is 8. The molecule has 1 saturated carbocycles. The third-order valence-corrected chi connectivity index (χ3v) is 5.51. The van der Waals surface area contributed by atoms with E-state index in [4.69, 9.17) is 9.72 Å². The highest BCUT2D eigenvalue weighted by atomic mass is 16.5. The van der Waals surface area contributed by atoms with E-state index in [2.05, 4.69) is 41.9 Å². The molecular formula is C24H29N3O2. The van der Waals surface area contributed by atoms with Gasteiger partial charge in [-0.05, 0) is 55.5 Å². The first-order chi connectivity index (χ1) is 14.0. The quantitative estimate of drug-likeness (QED) is 0.599. The van der Waals surface area contributed by atoms with Gasteiger partial charge in [0, 0.05) is 5.92 Å². The first-order valence-corrected chi connectivity index (χ1v) is 10.5. The van der Waals surface area contributed by atoms with E-state index < -0.39 is 0 Å². The number of nitrogens with one attached hydrogen (secondary N) is 1. The molecule has 4 rings (SSSR count). The SMILES string of the molecule is CC(C)c1ccc(OCCn2c(C(C)NC(=O)C3CC3)nc3ccccc32)cc1. The lowest BCUT2D eigenvalue weighted by atomic mass is 10.0. The second-order valence-corrected chi connectivity index (χ2v) is 8.19. The van der Waals surface area contributed by atoms with Crippen LogP contribution in [0.1, 0.15) is 57.0 Å². The van der Waals surface area contributed by atoms with Crippen LogP contribution >= 0.6 is 0 Å². The van der Waals surface area contributed by atoms with Crippen molar-refractivity contribution in [1.82, 2.24) is 14.9 Å².